The first-order valence-electron chi connectivity index (χ1n) is 10.5. The van der Waals surface area contributed by atoms with Gasteiger partial charge in [0.1, 0.15) is 5.82 Å². The molecule has 0 aliphatic carbocycles. The second-order valence-corrected chi connectivity index (χ2v) is 8.18. The van der Waals surface area contributed by atoms with Crippen LogP contribution in [0.4, 0.5) is 10.1 Å². The molecule has 4 nitrogen and oxygen atoms in total. The van der Waals surface area contributed by atoms with Crippen LogP contribution in [0.1, 0.15) is 47.7 Å². The summed E-state index contributed by atoms with van der Waals surface area (Å²) in [5.41, 5.74) is 3.90. The number of rotatable bonds is 3. The zero-order chi connectivity index (χ0) is 20.4. The van der Waals surface area contributed by atoms with Gasteiger partial charge in [0, 0.05) is 37.8 Å². The van der Waals surface area contributed by atoms with Crippen molar-refractivity contribution >= 4 is 17.5 Å². The number of hydrogen-bond acceptors (Lipinski definition) is 2. The summed E-state index contributed by atoms with van der Waals surface area (Å²) in [5.74, 6) is 0.448. The molecular formula is C24H27FN2O2. The predicted molar refractivity (Wildman–Crippen MR) is 112 cm³/mol. The Kier molecular flexibility index (Phi) is 5.65. The Morgan fingerprint density at radius 2 is 1.76 bits per heavy atom. The third-order valence-electron chi connectivity index (χ3n) is 6.16. The van der Waals surface area contributed by atoms with Crippen LogP contribution < -0.4 is 4.90 Å². The number of halogens is 1. The van der Waals surface area contributed by atoms with Gasteiger partial charge in [0.25, 0.3) is 5.91 Å². The highest BCUT2D eigenvalue weighted by Gasteiger charge is 2.26. The van der Waals surface area contributed by atoms with Crippen LogP contribution in [0, 0.1) is 11.7 Å². The molecule has 5 heteroatoms. The number of carbonyl (C=O) groups is 2. The van der Waals surface area contributed by atoms with Gasteiger partial charge >= 0.3 is 0 Å². The van der Waals surface area contributed by atoms with Crippen LogP contribution in [0.15, 0.2) is 42.5 Å². The van der Waals surface area contributed by atoms with E-state index in [4.69, 9.17) is 0 Å². The van der Waals surface area contributed by atoms with E-state index >= 15 is 0 Å². The van der Waals surface area contributed by atoms with Crippen molar-refractivity contribution in [1.29, 1.82) is 0 Å². The zero-order valence-electron chi connectivity index (χ0n) is 16.9. The van der Waals surface area contributed by atoms with Crippen LogP contribution in [0.25, 0.3) is 0 Å². The predicted octanol–water partition coefficient (Wildman–Crippen LogP) is 4.22. The maximum Gasteiger partial charge on any atom is 0.253 e. The van der Waals surface area contributed by atoms with Gasteiger partial charge in [0.2, 0.25) is 5.91 Å². The number of likely N-dealkylation sites (tertiary alicyclic amines) is 1. The van der Waals surface area contributed by atoms with Gasteiger partial charge in [-0.05, 0) is 79.5 Å². The maximum atomic E-state index is 13.1. The summed E-state index contributed by atoms with van der Waals surface area (Å²) >= 11 is 0. The summed E-state index contributed by atoms with van der Waals surface area (Å²) in [7, 11) is 0. The molecule has 1 saturated heterocycles. The van der Waals surface area contributed by atoms with Crippen LogP contribution in [0.3, 0.4) is 0 Å². The third-order valence-corrected chi connectivity index (χ3v) is 6.16. The Morgan fingerprint density at radius 1 is 1.03 bits per heavy atom. The minimum Gasteiger partial charge on any atom is -0.339 e. The molecule has 152 valence electrons. The minimum atomic E-state index is -0.203. The smallest absolute Gasteiger partial charge is 0.253 e. The van der Waals surface area contributed by atoms with E-state index in [1.54, 1.807) is 11.8 Å². The molecule has 4 rings (SSSR count). The first-order valence-corrected chi connectivity index (χ1v) is 10.5. The Morgan fingerprint density at radius 3 is 2.45 bits per heavy atom. The van der Waals surface area contributed by atoms with Crippen LogP contribution in [0.2, 0.25) is 0 Å². The lowest BCUT2D eigenvalue weighted by molar-refractivity contribution is -0.116. The molecule has 1 fully saturated rings. The molecule has 0 aromatic heterocycles. The fourth-order valence-corrected chi connectivity index (χ4v) is 4.53. The lowest BCUT2D eigenvalue weighted by Crippen LogP contribution is -2.39. The average molecular weight is 394 g/mol. The standard InChI is InChI=1S/C24H27FN2O2/c1-17(28)27-12-2-3-20-16-21(6-9-23(20)27)24(29)26-13-10-19(11-14-26)15-18-4-7-22(25)8-5-18/h4-9,16,19H,2-3,10-15H2,1H3. The minimum absolute atomic E-state index is 0.0493. The molecule has 0 saturated carbocycles. The van der Waals surface area contributed by atoms with Crippen molar-refractivity contribution < 1.29 is 14.0 Å². The van der Waals surface area contributed by atoms with E-state index in [2.05, 4.69) is 0 Å². The number of carbonyl (C=O) groups excluding carboxylic acids is 2. The number of fused-ring (bicyclic) bond motifs is 1. The SMILES string of the molecule is CC(=O)N1CCCc2cc(C(=O)N3CCC(Cc4ccc(F)cc4)CC3)ccc21. The van der Waals surface area contributed by atoms with Crippen molar-refractivity contribution in [1.82, 2.24) is 4.90 Å². The topological polar surface area (TPSA) is 40.6 Å². The number of anilines is 1. The van der Waals surface area contributed by atoms with E-state index in [1.807, 2.05) is 35.2 Å². The van der Waals surface area contributed by atoms with Crippen LogP contribution in [0.5, 0.6) is 0 Å². The summed E-state index contributed by atoms with van der Waals surface area (Å²) in [6.45, 7) is 3.84. The summed E-state index contributed by atoms with van der Waals surface area (Å²) in [4.78, 5) is 28.6. The van der Waals surface area contributed by atoms with Gasteiger partial charge in [-0.15, -0.1) is 0 Å². The molecule has 2 aliphatic rings. The molecule has 2 aromatic carbocycles. The van der Waals surface area contributed by atoms with Crippen molar-refractivity contribution in [3.8, 4) is 0 Å². The van der Waals surface area contributed by atoms with E-state index in [9.17, 15) is 14.0 Å². The molecule has 0 spiro atoms. The van der Waals surface area contributed by atoms with E-state index in [0.717, 1.165) is 68.6 Å². The highest BCUT2D eigenvalue weighted by molar-refractivity contribution is 5.97. The van der Waals surface area contributed by atoms with Crippen molar-refractivity contribution in [2.75, 3.05) is 24.5 Å². The lowest BCUT2D eigenvalue weighted by Gasteiger charge is -2.33. The van der Waals surface area contributed by atoms with E-state index < -0.39 is 0 Å². The molecule has 2 heterocycles. The Hall–Kier alpha value is -2.69. The Labute approximate surface area is 171 Å². The largest absolute Gasteiger partial charge is 0.339 e. The number of benzene rings is 2. The first-order chi connectivity index (χ1) is 14.0. The third kappa shape index (κ3) is 4.34. The molecule has 0 unspecified atom stereocenters. The van der Waals surface area contributed by atoms with Crippen molar-refractivity contribution in [2.45, 2.75) is 39.0 Å². The molecule has 2 aromatic rings. The summed E-state index contributed by atoms with van der Waals surface area (Å²) in [6, 6.07) is 12.5. The van der Waals surface area contributed by atoms with Gasteiger partial charge in [-0.25, -0.2) is 4.39 Å². The monoisotopic (exact) mass is 394 g/mol. The maximum absolute atomic E-state index is 13.1. The average Bonchev–Trinajstić information content (AvgIpc) is 2.74. The molecular weight excluding hydrogens is 367 g/mol. The van der Waals surface area contributed by atoms with Crippen LogP contribution >= 0.6 is 0 Å². The molecule has 0 N–H and O–H groups in total. The van der Waals surface area contributed by atoms with E-state index in [-0.39, 0.29) is 17.6 Å². The van der Waals surface area contributed by atoms with E-state index in [1.165, 1.54) is 12.1 Å². The van der Waals surface area contributed by atoms with Crippen molar-refractivity contribution in [3.63, 3.8) is 0 Å². The van der Waals surface area contributed by atoms with Gasteiger partial charge < -0.3 is 9.80 Å². The number of nitrogens with zero attached hydrogens (tertiary/aromatic N) is 2. The molecule has 2 amide bonds. The molecule has 0 bridgehead atoms. The van der Waals surface area contributed by atoms with Gasteiger partial charge in [0.15, 0.2) is 0 Å². The summed E-state index contributed by atoms with van der Waals surface area (Å²) < 4.78 is 13.1. The van der Waals surface area contributed by atoms with E-state index in [0.29, 0.717) is 11.5 Å². The quantitative estimate of drug-likeness (QED) is 0.782. The molecule has 0 atom stereocenters. The Balaban J connectivity index is 1.38. The molecule has 0 radical (unpaired) electrons. The fraction of sp³-hybridized carbons (Fsp3) is 0.417. The van der Waals surface area contributed by atoms with Gasteiger partial charge in [-0.2, -0.15) is 0 Å². The van der Waals surface area contributed by atoms with Gasteiger partial charge in [-0.1, -0.05) is 12.1 Å². The highest BCUT2D eigenvalue weighted by Crippen LogP contribution is 2.29. The fourth-order valence-electron chi connectivity index (χ4n) is 4.53. The van der Waals surface area contributed by atoms with Gasteiger partial charge in [0.05, 0.1) is 0 Å². The Bertz CT molecular complexity index is 902. The second kappa shape index (κ2) is 8.36. The highest BCUT2D eigenvalue weighted by atomic mass is 19.1. The first kappa shape index (κ1) is 19.6. The number of hydrogen-bond donors (Lipinski definition) is 0. The molecule has 2 aliphatic heterocycles. The lowest BCUT2D eigenvalue weighted by atomic mass is 9.90. The number of aryl methyl sites for hydroxylation is 1. The van der Waals surface area contributed by atoms with Crippen LogP contribution in [-0.2, 0) is 17.6 Å². The summed E-state index contributed by atoms with van der Waals surface area (Å²) in [6.07, 6.45) is 4.69. The second-order valence-electron chi connectivity index (χ2n) is 8.18. The zero-order valence-corrected chi connectivity index (χ0v) is 16.9. The molecule has 29 heavy (non-hydrogen) atoms. The van der Waals surface area contributed by atoms with Crippen LogP contribution in [-0.4, -0.2) is 36.3 Å². The number of piperidine rings is 1. The number of amides is 2. The van der Waals surface area contributed by atoms with Crippen molar-refractivity contribution in [3.05, 3.63) is 65.0 Å². The normalized spacial score (nSPS) is 17.2. The van der Waals surface area contributed by atoms with Crippen molar-refractivity contribution in [2.24, 2.45) is 5.92 Å². The van der Waals surface area contributed by atoms with Gasteiger partial charge in [-0.3, -0.25) is 9.59 Å². The summed E-state index contributed by atoms with van der Waals surface area (Å²) in [5, 5.41) is 0.